The molecule has 1 aliphatic heterocycles. The molecule has 2 rings (SSSR count). The first-order valence-electron chi connectivity index (χ1n) is 7.15. The number of halogens is 3. The number of carbonyl (C=O) groups excluding carboxylic acids is 2. The minimum Gasteiger partial charge on any atom is -0.354 e. The number of anilines is 1. The second kappa shape index (κ2) is 8.73. The molecular formula is C15H20Cl3N3O2. The Morgan fingerprint density at radius 1 is 1.39 bits per heavy atom. The van der Waals surface area contributed by atoms with Gasteiger partial charge in [0.15, 0.2) is 0 Å². The average Bonchev–Trinajstić information content (AvgIpc) is 2.89. The van der Waals surface area contributed by atoms with E-state index in [9.17, 15) is 9.59 Å². The van der Waals surface area contributed by atoms with Gasteiger partial charge in [-0.05, 0) is 38.6 Å². The minimum absolute atomic E-state index is 0. The molecule has 2 atom stereocenters. The Kier molecular flexibility index (Phi) is 7.61. The first kappa shape index (κ1) is 20.0. The fourth-order valence-corrected chi connectivity index (χ4v) is 2.60. The smallest absolute Gasteiger partial charge is 0.239 e. The van der Waals surface area contributed by atoms with Crippen LogP contribution in [0.2, 0.25) is 10.0 Å². The summed E-state index contributed by atoms with van der Waals surface area (Å²) < 4.78 is 0. The lowest BCUT2D eigenvalue weighted by molar-refractivity contribution is -0.132. The zero-order chi connectivity index (χ0) is 16.3. The maximum absolute atomic E-state index is 12.4. The number of rotatable bonds is 5. The molecule has 1 aromatic carbocycles. The van der Waals surface area contributed by atoms with E-state index in [4.69, 9.17) is 23.2 Å². The van der Waals surface area contributed by atoms with E-state index in [1.54, 1.807) is 23.1 Å². The van der Waals surface area contributed by atoms with Crippen LogP contribution in [0.15, 0.2) is 18.2 Å². The molecule has 2 N–H and O–H groups in total. The summed E-state index contributed by atoms with van der Waals surface area (Å²) in [6, 6.07) is 5.18. The molecule has 1 aliphatic rings. The van der Waals surface area contributed by atoms with E-state index < -0.39 is 5.92 Å². The lowest BCUT2D eigenvalue weighted by Crippen LogP contribution is -2.42. The van der Waals surface area contributed by atoms with Crippen molar-refractivity contribution < 1.29 is 9.59 Å². The zero-order valence-electron chi connectivity index (χ0n) is 12.9. The predicted octanol–water partition coefficient (Wildman–Crippen LogP) is 2.49. The van der Waals surface area contributed by atoms with Gasteiger partial charge in [0.1, 0.15) is 5.92 Å². The summed E-state index contributed by atoms with van der Waals surface area (Å²) >= 11 is 11.9. The Bertz CT molecular complexity index is 583. The van der Waals surface area contributed by atoms with Gasteiger partial charge in [-0.25, -0.2) is 0 Å². The van der Waals surface area contributed by atoms with E-state index in [2.05, 4.69) is 10.6 Å². The van der Waals surface area contributed by atoms with Crippen molar-refractivity contribution in [3.8, 4) is 0 Å². The molecule has 0 radical (unpaired) electrons. The molecule has 0 bridgehead atoms. The Balaban J connectivity index is 0.00000264. The van der Waals surface area contributed by atoms with Crippen molar-refractivity contribution in [1.29, 1.82) is 0 Å². The molecule has 0 aromatic heterocycles. The Labute approximate surface area is 152 Å². The number of likely N-dealkylation sites (N-methyl/N-ethyl adjacent to an activating group) is 1. The highest BCUT2D eigenvalue weighted by molar-refractivity contribution is 6.42. The van der Waals surface area contributed by atoms with Gasteiger partial charge in [-0.3, -0.25) is 9.59 Å². The van der Waals surface area contributed by atoms with Crippen LogP contribution in [0.25, 0.3) is 0 Å². The Hall–Kier alpha value is -1.01. The van der Waals surface area contributed by atoms with Gasteiger partial charge in [0.25, 0.3) is 0 Å². The molecule has 0 aliphatic carbocycles. The Morgan fingerprint density at radius 2 is 2.09 bits per heavy atom. The summed E-state index contributed by atoms with van der Waals surface area (Å²) in [5, 5.41) is 6.66. The molecule has 5 nitrogen and oxygen atoms in total. The monoisotopic (exact) mass is 379 g/mol. The quantitative estimate of drug-likeness (QED) is 0.772. The van der Waals surface area contributed by atoms with E-state index in [1.165, 1.54) is 0 Å². The topological polar surface area (TPSA) is 61.4 Å². The molecule has 1 fully saturated rings. The van der Waals surface area contributed by atoms with Crippen LogP contribution in [0.5, 0.6) is 0 Å². The standard InChI is InChI=1S/C15H19Cl2N3O2.ClH/c1-9(18-2)8-19-14(21)11-5-6-20(15(11)22)10-3-4-12(16)13(17)7-10;/h3-4,7,9,11,18H,5-6,8H2,1-2H3,(H,19,21);1H. The minimum atomic E-state index is -0.640. The van der Waals surface area contributed by atoms with Crippen molar-refractivity contribution in [2.45, 2.75) is 19.4 Å². The summed E-state index contributed by atoms with van der Waals surface area (Å²) in [6.45, 7) is 2.95. The molecule has 1 heterocycles. The molecule has 23 heavy (non-hydrogen) atoms. The summed E-state index contributed by atoms with van der Waals surface area (Å²) in [5.41, 5.74) is 0.665. The number of nitrogens with zero attached hydrogens (tertiary/aromatic N) is 1. The molecule has 2 unspecified atom stereocenters. The largest absolute Gasteiger partial charge is 0.354 e. The van der Waals surface area contributed by atoms with Crippen LogP contribution in [0.4, 0.5) is 5.69 Å². The molecule has 2 amide bonds. The first-order chi connectivity index (χ1) is 10.4. The van der Waals surface area contributed by atoms with Crippen LogP contribution in [-0.4, -0.2) is 38.0 Å². The third-order valence-electron chi connectivity index (χ3n) is 3.81. The van der Waals surface area contributed by atoms with Gasteiger partial charge in [0.2, 0.25) is 11.8 Å². The molecule has 0 saturated carbocycles. The second-order valence-electron chi connectivity index (χ2n) is 5.36. The number of amides is 2. The maximum atomic E-state index is 12.4. The van der Waals surface area contributed by atoms with Crippen LogP contribution in [0, 0.1) is 5.92 Å². The third kappa shape index (κ3) is 4.73. The lowest BCUT2D eigenvalue weighted by Gasteiger charge is -2.18. The summed E-state index contributed by atoms with van der Waals surface area (Å²) in [4.78, 5) is 26.1. The molecular weight excluding hydrogens is 361 g/mol. The van der Waals surface area contributed by atoms with Gasteiger partial charge in [-0.2, -0.15) is 0 Å². The molecule has 128 valence electrons. The fraction of sp³-hybridized carbons (Fsp3) is 0.467. The molecule has 1 saturated heterocycles. The van der Waals surface area contributed by atoms with Gasteiger partial charge < -0.3 is 15.5 Å². The van der Waals surface area contributed by atoms with Crippen LogP contribution in [-0.2, 0) is 9.59 Å². The van der Waals surface area contributed by atoms with E-state index in [0.717, 1.165) is 0 Å². The van der Waals surface area contributed by atoms with Gasteiger partial charge in [-0.1, -0.05) is 23.2 Å². The Morgan fingerprint density at radius 3 is 2.70 bits per heavy atom. The SMILES string of the molecule is CNC(C)CNC(=O)C1CCN(c2ccc(Cl)c(Cl)c2)C1=O.Cl. The van der Waals surface area contributed by atoms with E-state index in [1.807, 2.05) is 14.0 Å². The van der Waals surface area contributed by atoms with Gasteiger partial charge >= 0.3 is 0 Å². The number of benzene rings is 1. The summed E-state index contributed by atoms with van der Waals surface area (Å²) in [5.74, 6) is -1.07. The fourth-order valence-electron chi connectivity index (χ4n) is 2.31. The van der Waals surface area contributed by atoms with Crippen molar-refractivity contribution in [2.75, 3.05) is 25.0 Å². The first-order valence-corrected chi connectivity index (χ1v) is 7.91. The molecule has 1 aromatic rings. The van der Waals surface area contributed by atoms with Crippen molar-refractivity contribution in [3.63, 3.8) is 0 Å². The maximum Gasteiger partial charge on any atom is 0.239 e. The molecule has 0 spiro atoms. The molecule has 8 heteroatoms. The van der Waals surface area contributed by atoms with Crippen LogP contribution < -0.4 is 15.5 Å². The van der Waals surface area contributed by atoms with Gasteiger partial charge in [0.05, 0.1) is 10.0 Å². The second-order valence-corrected chi connectivity index (χ2v) is 6.18. The van der Waals surface area contributed by atoms with Crippen molar-refractivity contribution in [1.82, 2.24) is 10.6 Å². The lowest BCUT2D eigenvalue weighted by atomic mass is 10.1. The average molecular weight is 381 g/mol. The van der Waals surface area contributed by atoms with Gasteiger partial charge in [0, 0.05) is 24.8 Å². The van der Waals surface area contributed by atoms with E-state index >= 15 is 0 Å². The highest BCUT2D eigenvalue weighted by Gasteiger charge is 2.37. The normalized spacial score (nSPS) is 18.5. The zero-order valence-corrected chi connectivity index (χ0v) is 15.3. The third-order valence-corrected chi connectivity index (χ3v) is 4.55. The van der Waals surface area contributed by atoms with Crippen molar-refractivity contribution in [2.24, 2.45) is 5.92 Å². The number of nitrogens with one attached hydrogen (secondary N) is 2. The van der Waals surface area contributed by atoms with Crippen molar-refractivity contribution >= 4 is 53.1 Å². The summed E-state index contributed by atoms with van der Waals surface area (Å²) in [6.07, 6.45) is 0.499. The van der Waals surface area contributed by atoms with Crippen LogP contribution >= 0.6 is 35.6 Å². The number of hydrogen-bond donors (Lipinski definition) is 2. The number of carbonyl (C=O) groups is 2. The van der Waals surface area contributed by atoms with Crippen molar-refractivity contribution in [3.05, 3.63) is 28.2 Å². The van der Waals surface area contributed by atoms with Crippen LogP contribution in [0.3, 0.4) is 0 Å². The number of hydrogen-bond acceptors (Lipinski definition) is 3. The summed E-state index contributed by atoms with van der Waals surface area (Å²) in [7, 11) is 1.82. The van der Waals surface area contributed by atoms with E-state index in [0.29, 0.717) is 35.2 Å². The highest BCUT2D eigenvalue weighted by atomic mass is 35.5. The highest BCUT2D eigenvalue weighted by Crippen LogP contribution is 2.31. The van der Waals surface area contributed by atoms with E-state index in [-0.39, 0.29) is 30.3 Å². The van der Waals surface area contributed by atoms with Crippen LogP contribution in [0.1, 0.15) is 13.3 Å². The van der Waals surface area contributed by atoms with Gasteiger partial charge in [-0.15, -0.1) is 12.4 Å². The predicted molar refractivity (Wildman–Crippen MR) is 95.7 cm³/mol.